The molecule has 302 valence electrons. The summed E-state index contributed by atoms with van der Waals surface area (Å²) in [5.41, 5.74) is -0.770. The molecule has 53 heavy (non-hydrogen) atoms. The van der Waals surface area contributed by atoms with Gasteiger partial charge in [-0.05, 0) is 53.2 Å². The van der Waals surface area contributed by atoms with E-state index in [1.54, 1.807) is 32.9 Å². The summed E-state index contributed by atoms with van der Waals surface area (Å²) in [7, 11) is -0.735. The van der Waals surface area contributed by atoms with E-state index in [4.69, 9.17) is 4.74 Å². The molecule has 1 saturated heterocycles. The van der Waals surface area contributed by atoms with E-state index >= 15 is 0 Å². The van der Waals surface area contributed by atoms with Crippen molar-refractivity contribution >= 4 is 33.8 Å². The van der Waals surface area contributed by atoms with Crippen molar-refractivity contribution in [3.63, 3.8) is 0 Å². The van der Waals surface area contributed by atoms with Gasteiger partial charge in [0, 0.05) is 39.1 Å². The van der Waals surface area contributed by atoms with Crippen LogP contribution in [0.2, 0.25) is 0 Å². The molecule has 0 radical (unpaired) electrons. The van der Waals surface area contributed by atoms with Gasteiger partial charge in [-0.1, -0.05) is 61.5 Å². The number of nitrogens with zero attached hydrogens (tertiary/aromatic N) is 2. The fourth-order valence-corrected chi connectivity index (χ4v) is 6.60. The van der Waals surface area contributed by atoms with Gasteiger partial charge in [0.25, 0.3) is 0 Å². The first kappa shape index (κ1) is 45.4. The van der Waals surface area contributed by atoms with Crippen LogP contribution in [0.4, 0.5) is 13.6 Å². The predicted molar refractivity (Wildman–Crippen MR) is 198 cm³/mol. The number of amides is 5. The second-order valence-corrected chi connectivity index (χ2v) is 18.4. The van der Waals surface area contributed by atoms with Crippen molar-refractivity contribution in [1.82, 2.24) is 30.5 Å². The molecule has 0 saturated carbocycles. The molecule has 0 bridgehead atoms. The molecule has 0 spiro atoms. The molecule has 14 nitrogen and oxygen atoms in total. The van der Waals surface area contributed by atoms with Crippen molar-refractivity contribution in [2.45, 2.75) is 105 Å². The summed E-state index contributed by atoms with van der Waals surface area (Å²) in [6, 6.07) is -0.502. The van der Waals surface area contributed by atoms with Gasteiger partial charge in [0.2, 0.25) is 34.2 Å². The van der Waals surface area contributed by atoms with Crippen LogP contribution in [0, 0.1) is 22.7 Å². The zero-order valence-corrected chi connectivity index (χ0v) is 33.7. The lowest BCUT2D eigenvalue weighted by Gasteiger charge is -2.38. The van der Waals surface area contributed by atoms with Crippen LogP contribution >= 0.6 is 0 Å². The van der Waals surface area contributed by atoms with Crippen LogP contribution < -0.4 is 26.0 Å². The van der Waals surface area contributed by atoms with Crippen molar-refractivity contribution in [3.05, 3.63) is 23.8 Å². The molecule has 0 aromatic heterocycles. The zero-order chi connectivity index (χ0) is 40.6. The number of phenols is 1. The van der Waals surface area contributed by atoms with Crippen LogP contribution in [-0.2, 0) is 30.8 Å². The highest BCUT2D eigenvalue weighted by atomic mass is 32.2. The van der Waals surface area contributed by atoms with E-state index in [-0.39, 0.29) is 49.4 Å². The van der Waals surface area contributed by atoms with Gasteiger partial charge >= 0.3 is 6.03 Å². The van der Waals surface area contributed by atoms with Gasteiger partial charge in [-0.2, -0.15) is 0 Å². The summed E-state index contributed by atoms with van der Waals surface area (Å²) < 4.78 is 57.8. The molecule has 1 aromatic carbocycles. The number of urea groups is 1. The van der Waals surface area contributed by atoms with E-state index in [2.05, 4.69) is 21.3 Å². The number of hydrogen-bond donors (Lipinski definition) is 5. The number of benzene rings is 1. The molecule has 5 atom stereocenters. The third-order valence-corrected chi connectivity index (χ3v) is 10.9. The minimum absolute atomic E-state index is 0.0211. The minimum Gasteiger partial charge on any atom is -0.504 e. The van der Waals surface area contributed by atoms with Gasteiger partial charge in [0.15, 0.2) is 11.5 Å². The monoisotopic (exact) mass is 774 g/mol. The predicted octanol–water partition coefficient (Wildman–Crippen LogP) is 3.09. The lowest BCUT2D eigenvalue weighted by Crippen LogP contribution is -2.62. The zero-order valence-electron chi connectivity index (χ0n) is 32.9. The van der Waals surface area contributed by atoms with E-state index in [9.17, 15) is 41.5 Å². The lowest BCUT2D eigenvalue weighted by molar-refractivity contribution is -0.144. The first-order valence-corrected chi connectivity index (χ1v) is 19.6. The molecule has 0 unspecified atom stereocenters. The van der Waals surface area contributed by atoms with E-state index < -0.39 is 81.6 Å². The molecule has 1 aromatic rings. The molecule has 0 aliphatic carbocycles. The van der Waals surface area contributed by atoms with Crippen molar-refractivity contribution in [3.8, 4) is 11.5 Å². The summed E-state index contributed by atoms with van der Waals surface area (Å²) in [6.07, 6.45) is -2.13. The van der Waals surface area contributed by atoms with Gasteiger partial charge < -0.3 is 36.0 Å². The highest BCUT2D eigenvalue weighted by Crippen LogP contribution is 2.34. The highest BCUT2D eigenvalue weighted by molar-refractivity contribution is 7.88. The van der Waals surface area contributed by atoms with Crippen LogP contribution in [0.5, 0.6) is 11.5 Å². The number of nitrogens with one attached hydrogen (secondary N) is 4. The van der Waals surface area contributed by atoms with E-state index in [0.29, 0.717) is 12.0 Å². The van der Waals surface area contributed by atoms with Gasteiger partial charge in [-0.25, -0.2) is 26.3 Å². The summed E-state index contributed by atoms with van der Waals surface area (Å²) in [5, 5.41) is 20.7. The second kappa shape index (κ2) is 18.5. The van der Waals surface area contributed by atoms with Gasteiger partial charge in [-0.15, -0.1) is 0 Å². The number of likely N-dealkylation sites (N-methyl/N-ethyl adjacent to an activating group) is 1. The Kier molecular flexibility index (Phi) is 15.9. The Morgan fingerprint density at radius 2 is 1.66 bits per heavy atom. The quantitative estimate of drug-likeness (QED) is 0.170. The van der Waals surface area contributed by atoms with Crippen molar-refractivity contribution in [2.75, 3.05) is 40.0 Å². The maximum atomic E-state index is 14.3. The number of phenolic OH excluding ortho intramolecular Hbond substituents is 1. The number of halogens is 2. The summed E-state index contributed by atoms with van der Waals surface area (Å²) >= 11 is 0. The number of aromatic hydroxyl groups is 1. The molecule has 5 N–H and O–H groups in total. The molecule has 2 rings (SSSR count). The van der Waals surface area contributed by atoms with Crippen molar-refractivity contribution in [2.24, 2.45) is 22.7 Å². The SMILES string of the molecule is COc1ccc(CCNC(=O)[C@H](CC(F)F)NC(=O)[C@@H]2[C@@H](C(C)C)CCN2C(=O)[C@@H](NC(=O)N[C@H](CN(C)S(C)(=O)=O)C(C)(C)C)C(C)(C)C)cc1O. The van der Waals surface area contributed by atoms with Crippen LogP contribution in [-0.4, -0.2) is 117 Å². The van der Waals surface area contributed by atoms with Crippen molar-refractivity contribution < 1.29 is 46.2 Å². The number of alkyl halides is 2. The average molecular weight is 775 g/mol. The third-order valence-electron chi connectivity index (χ3n) is 9.60. The largest absolute Gasteiger partial charge is 0.504 e. The first-order chi connectivity index (χ1) is 24.3. The fourth-order valence-electron chi connectivity index (χ4n) is 6.18. The maximum Gasteiger partial charge on any atom is 0.315 e. The molecular weight excluding hydrogens is 714 g/mol. The number of rotatable bonds is 16. The van der Waals surface area contributed by atoms with E-state index in [1.165, 1.54) is 25.1 Å². The van der Waals surface area contributed by atoms with Crippen LogP contribution in [0.15, 0.2) is 18.2 Å². The number of likely N-dealkylation sites (tertiary alicyclic amines) is 1. The van der Waals surface area contributed by atoms with Gasteiger partial charge in [0.05, 0.1) is 13.4 Å². The number of hydrogen-bond acceptors (Lipinski definition) is 8. The Morgan fingerprint density at radius 1 is 1.04 bits per heavy atom. The summed E-state index contributed by atoms with van der Waals surface area (Å²) in [4.78, 5) is 56.3. The molecule has 1 fully saturated rings. The number of ether oxygens (including phenoxy) is 1. The normalized spacial score (nSPS) is 18.5. The number of carbonyl (C=O) groups excluding carboxylic acids is 4. The second-order valence-electron chi connectivity index (χ2n) is 16.3. The van der Waals surface area contributed by atoms with Gasteiger partial charge in [-0.3, -0.25) is 14.4 Å². The maximum absolute atomic E-state index is 14.3. The van der Waals surface area contributed by atoms with E-state index in [1.807, 2.05) is 34.6 Å². The number of carbonyl (C=O) groups is 4. The van der Waals surface area contributed by atoms with Crippen molar-refractivity contribution in [1.29, 1.82) is 0 Å². The molecule has 1 aliphatic rings. The van der Waals surface area contributed by atoms with Crippen LogP contribution in [0.3, 0.4) is 0 Å². The highest BCUT2D eigenvalue weighted by Gasteiger charge is 2.48. The fraction of sp³-hybridized carbons (Fsp3) is 0.722. The molecular formula is C36H60F2N6O8S. The summed E-state index contributed by atoms with van der Waals surface area (Å²) in [6.45, 7) is 14.7. The topological polar surface area (TPSA) is 186 Å². The molecule has 17 heteroatoms. The lowest BCUT2D eigenvalue weighted by atomic mass is 9.84. The Labute approximate surface area is 313 Å². The Bertz CT molecular complexity index is 1550. The van der Waals surface area contributed by atoms with E-state index in [0.717, 1.165) is 10.6 Å². The Hall–Kier alpha value is -3.73. The number of sulfonamides is 1. The molecule has 1 aliphatic heterocycles. The third kappa shape index (κ3) is 13.3. The standard InChI is InChI=1S/C36H60F2N6O8S/c1-21(2)23-15-17-44(33(48)30(36(6,7)8)42-34(49)41-27(35(3,4)5)20-43(9)53(11,50)51)29(23)32(47)40-24(19-28(37)38)31(46)39-16-14-22-12-13-26(52-10)25(45)18-22/h12-13,18,21,23-24,27-30,45H,14-17,19-20H2,1-11H3,(H,39,46)(H,40,47)(H2,41,42,49)/t23-,24+,27-,29+,30-/m1/s1. The van der Waals surface area contributed by atoms with Crippen LogP contribution in [0.1, 0.15) is 73.8 Å². The van der Waals surface area contributed by atoms with Crippen LogP contribution in [0.25, 0.3) is 0 Å². The molecule has 5 amide bonds. The first-order valence-electron chi connectivity index (χ1n) is 17.8. The molecule has 1 heterocycles. The smallest absolute Gasteiger partial charge is 0.315 e. The average Bonchev–Trinajstić information content (AvgIpc) is 3.47. The van der Waals surface area contributed by atoms with Gasteiger partial charge in [0.1, 0.15) is 18.1 Å². The minimum atomic E-state index is -3.55. The Morgan fingerprint density at radius 3 is 2.15 bits per heavy atom. The number of methoxy groups -OCH3 is 1. The Balaban J connectivity index is 2.29. The summed E-state index contributed by atoms with van der Waals surface area (Å²) in [5.74, 6) is -2.44.